The number of methoxy groups -OCH3 is 1. The Labute approximate surface area is 207 Å². The third-order valence-corrected chi connectivity index (χ3v) is 7.86. The summed E-state index contributed by atoms with van der Waals surface area (Å²) in [5.41, 5.74) is 4.43. The number of benzene rings is 3. The van der Waals surface area contributed by atoms with Crippen LogP contribution in [0.1, 0.15) is 18.2 Å². The number of H-pyrrole nitrogens is 1. The minimum Gasteiger partial charge on any atom is -0.496 e. The SMILES string of the molecule is CCN(Cc1ccccc1)Cc1ccc(-c2cc(S(=O)(=O)N(C)c3ccccc3)ccc2OC)[nH]1. The van der Waals surface area contributed by atoms with Crippen molar-refractivity contribution >= 4 is 15.7 Å². The van der Waals surface area contributed by atoms with E-state index in [1.54, 1.807) is 44.5 Å². The first-order valence-corrected chi connectivity index (χ1v) is 13.0. The van der Waals surface area contributed by atoms with E-state index < -0.39 is 10.0 Å². The highest BCUT2D eigenvalue weighted by Crippen LogP contribution is 2.33. The predicted molar refractivity (Wildman–Crippen MR) is 141 cm³/mol. The monoisotopic (exact) mass is 489 g/mol. The normalized spacial score (nSPS) is 11.5. The van der Waals surface area contributed by atoms with Crippen LogP contribution in [0.5, 0.6) is 5.75 Å². The fourth-order valence-corrected chi connectivity index (χ4v) is 5.27. The van der Waals surface area contributed by atoms with Gasteiger partial charge in [0.15, 0.2) is 0 Å². The first kappa shape index (κ1) is 24.6. The van der Waals surface area contributed by atoms with Crippen LogP contribution in [0, 0.1) is 0 Å². The first-order chi connectivity index (χ1) is 16.9. The summed E-state index contributed by atoms with van der Waals surface area (Å²) in [5, 5.41) is 0. The zero-order valence-electron chi connectivity index (χ0n) is 20.3. The highest BCUT2D eigenvalue weighted by atomic mass is 32.2. The lowest BCUT2D eigenvalue weighted by atomic mass is 10.1. The van der Waals surface area contributed by atoms with Gasteiger partial charge in [0, 0.05) is 37.1 Å². The molecule has 7 heteroatoms. The van der Waals surface area contributed by atoms with Gasteiger partial charge in [0.2, 0.25) is 0 Å². The third-order valence-electron chi connectivity index (χ3n) is 6.08. The van der Waals surface area contributed by atoms with Crippen molar-refractivity contribution in [2.45, 2.75) is 24.9 Å². The number of anilines is 1. The Hall–Kier alpha value is -3.55. The van der Waals surface area contributed by atoms with Crippen molar-refractivity contribution in [1.82, 2.24) is 9.88 Å². The third kappa shape index (κ3) is 5.58. The summed E-state index contributed by atoms with van der Waals surface area (Å²) in [6.07, 6.45) is 0. The lowest BCUT2D eigenvalue weighted by Gasteiger charge is -2.20. The van der Waals surface area contributed by atoms with E-state index in [4.69, 9.17) is 4.74 Å². The van der Waals surface area contributed by atoms with E-state index in [9.17, 15) is 8.42 Å². The van der Waals surface area contributed by atoms with Crippen LogP contribution in [0.2, 0.25) is 0 Å². The van der Waals surface area contributed by atoms with Gasteiger partial charge in [-0.1, -0.05) is 55.5 Å². The number of sulfonamides is 1. The highest BCUT2D eigenvalue weighted by Gasteiger charge is 2.23. The van der Waals surface area contributed by atoms with Crippen molar-refractivity contribution in [3.8, 4) is 17.0 Å². The molecule has 0 fully saturated rings. The number of para-hydroxylation sites is 1. The molecule has 35 heavy (non-hydrogen) atoms. The van der Waals surface area contributed by atoms with Gasteiger partial charge < -0.3 is 9.72 Å². The summed E-state index contributed by atoms with van der Waals surface area (Å²) in [4.78, 5) is 6.01. The second-order valence-corrected chi connectivity index (χ2v) is 10.3. The lowest BCUT2D eigenvalue weighted by Crippen LogP contribution is -2.26. The van der Waals surface area contributed by atoms with Crippen LogP contribution in [0.15, 0.2) is 95.9 Å². The van der Waals surface area contributed by atoms with E-state index in [-0.39, 0.29) is 4.90 Å². The molecular weight excluding hydrogens is 458 g/mol. The molecule has 0 saturated carbocycles. The van der Waals surface area contributed by atoms with E-state index in [1.807, 2.05) is 36.4 Å². The van der Waals surface area contributed by atoms with E-state index in [2.05, 4.69) is 41.1 Å². The van der Waals surface area contributed by atoms with Crippen LogP contribution in [-0.4, -0.2) is 39.0 Å². The number of aromatic nitrogens is 1. The Morgan fingerprint density at radius 1 is 0.857 bits per heavy atom. The van der Waals surface area contributed by atoms with Crippen LogP contribution in [-0.2, 0) is 23.1 Å². The molecular formula is C28H31N3O3S. The van der Waals surface area contributed by atoms with Gasteiger partial charge in [-0.3, -0.25) is 9.21 Å². The van der Waals surface area contributed by atoms with Crippen molar-refractivity contribution in [3.05, 3.63) is 102 Å². The summed E-state index contributed by atoms with van der Waals surface area (Å²) in [6, 6.07) is 28.4. The topological polar surface area (TPSA) is 65.6 Å². The minimum atomic E-state index is -3.74. The molecule has 1 heterocycles. The molecule has 4 rings (SSSR count). The van der Waals surface area contributed by atoms with E-state index in [1.165, 1.54) is 9.87 Å². The number of nitrogens with one attached hydrogen (secondary N) is 1. The number of hydrogen-bond donors (Lipinski definition) is 1. The second-order valence-electron chi connectivity index (χ2n) is 8.36. The quantitative estimate of drug-likeness (QED) is 0.318. The molecule has 4 aromatic rings. The molecule has 0 aliphatic heterocycles. The van der Waals surface area contributed by atoms with Gasteiger partial charge in [-0.05, 0) is 54.6 Å². The fourth-order valence-electron chi connectivity index (χ4n) is 4.04. The molecule has 0 aliphatic rings. The van der Waals surface area contributed by atoms with Crippen LogP contribution in [0.3, 0.4) is 0 Å². The van der Waals surface area contributed by atoms with Crippen LogP contribution in [0.25, 0.3) is 11.3 Å². The summed E-state index contributed by atoms with van der Waals surface area (Å²) >= 11 is 0. The number of rotatable bonds is 10. The number of nitrogens with zero attached hydrogens (tertiary/aromatic N) is 2. The molecule has 0 unspecified atom stereocenters. The summed E-state index contributed by atoms with van der Waals surface area (Å²) in [6.45, 7) is 4.66. The molecule has 6 nitrogen and oxygen atoms in total. The van der Waals surface area contributed by atoms with Gasteiger partial charge >= 0.3 is 0 Å². The highest BCUT2D eigenvalue weighted by molar-refractivity contribution is 7.92. The fraction of sp³-hybridized carbons (Fsp3) is 0.214. The number of aromatic amines is 1. The van der Waals surface area contributed by atoms with Crippen LogP contribution >= 0.6 is 0 Å². The maximum absolute atomic E-state index is 13.3. The van der Waals surface area contributed by atoms with Crippen LogP contribution < -0.4 is 9.04 Å². The molecule has 0 saturated heterocycles. The molecule has 1 aromatic heterocycles. The van der Waals surface area contributed by atoms with E-state index in [0.29, 0.717) is 17.0 Å². The average Bonchev–Trinajstić information content (AvgIpc) is 3.36. The smallest absolute Gasteiger partial charge is 0.264 e. The van der Waals surface area contributed by atoms with E-state index in [0.717, 1.165) is 31.0 Å². The summed E-state index contributed by atoms with van der Waals surface area (Å²) in [7, 11) is -0.591. The van der Waals surface area contributed by atoms with Gasteiger partial charge in [0.05, 0.1) is 17.7 Å². The van der Waals surface area contributed by atoms with Crippen molar-refractivity contribution in [3.63, 3.8) is 0 Å². The molecule has 182 valence electrons. The second kappa shape index (κ2) is 10.8. The minimum absolute atomic E-state index is 0.204. The van der Waals surface area contributed by atoms with Crippen molar-refractivity contribution in [2.24, 2.45) is 0 Å². The molecule has 0 bridgehead atoms. The van der Waals surface area contributed by atoms with Gasteiger partial charge in [-0.25, -0.2) is 8.42 Å². The summed E-state index contributed by atoms with van der Waals surface area (Å²) < 4.78 is 33.6. The molecule has 0 atom stereocenters. The van der Waals surface area contributed by atoms with E-state index >= 15 is 0 Å². The average molecular weight is 490 g/mol. The molecule has 0 amide bonds. The summed E-state index contributed by atoms with van der Waals surface area (Å²) in [5.74, 6) is 0.608. The molecule has 0 spiro atoms. The largest absolute Gasteiger partial charge is 0.496 e. The Balaban J connectivity index is 1.60. The van der Waals surface area contributed by atoms with Crippen molar-refractivity contribution in [2.75, 3.05) is 25.0 Å². The number of hydrogen-bond acceptors (Lipinski definition) is 4. The molecule has 3 aromatic carbocycles. The zero-order chi connectivity index (χ0) is 24.8. The maximum atomic E-state index is 13.3. The zero-order valence-corrected chi connectivity index (χ0v) is 21.1. The standard InChI is InChI=1S/C28H31N3O3S/c1-4-31(20-22-11-7-5-8-12-22)21-23-15-17-27(29-23)26-19-25(16-18-28(26)34-3)35(32,33)30(2)24-13-9-6-10-14-24/h5-19,29H,4,20-21H2,1-3H3. The molecule has 0 aliphatic carbocycles. The van der Waals surface area contributed by atoms with Crippen LogP contribution in [0.4, 0.5) is 5.69 Å². The molecule has 1 N–H and O–H groups in total. The lowest BCUT2D eigenvalue weighted by molar-refractivity contribution is 0.268. The van der Waals surface area contributed by atoms with Crippen molar-refractivity contribution < 1.29 is 13.2 Å². The predicted octanol–water partition coefficient (Wildman–Crippen LogP) is 5.54. The van der Waals surface area contributed by atoms with Gasteiger partial charge in [0.1, 0.15) is 5.75 Å². The Morgan fingerprint density at radius 3 is 2.20 bits per heavy atom. The Kier molecular flexibility index (Phi) is 7.58. The Bertz CT molecular complexity index is 1350. The van der Waals surface area contributed by atoms with Crippen molar-refractivity contribution in [1.29, 1.82) is 0 Å². The van der Waals surface area contributed by atoms with Gasteiger partial charge in [-0.15, -0.1) is 0 Å². The van der Waals surface area contributed by atoms with Gasteiger partial charge in [-0.2, -0.15) is 0 Å². The Morgan fingerprint density at radius 2 is 1.54 bits per heavy atom. The first-order valence-electron chi connectivity index (χ1n) is 11.6. The number of ether oxygens (including phenoxy) is 1. The molecule has 0 radical (unpaired) electrons. The maximum Gasteiger partial charge on any atom is 0.264 e. The van der Waals surface area contributed by atoms with Gasteiger partial charge in [0.25, 0.3) is 10.0 Å².